The van der Waals surface area contributed by atoms with Gasteiger partial charge in [-0.1, -0.05) is 29.3 Å². The molecule has 3 aromatic rings. The van der Waals surface area contributed by atoms with Crippen LogP contribution in [-0.4, -0.2) is 26.0 Å². The molecule has 0 aliphatic carbocycles. The van der Waals surface area contributed by atoms with Crippen molar-refractivity contribution >= 4 is 5.97 Å². The molecule has 0 aliphatic rings. The molecule has 0 radical (unpaired) electrons. The average molecular weight is 563 g/mol. The van der Waals surface area contributed by atoms with Crippen molar-refractivity contribution in [3.63, 3.8) is 0 Å². The first kappa shape index (κ1) is 21.8. The average Bonchev–Trinajstić information content (AvgIpc) is 2.62. The Morgan fingerprint density at radius 1 is 1.07 bits per heavy atom. The molecule has 28 heavy (non-hydrogen) atoms. The van der Waals surface area contributed by atoms with Gasteiger partial charge in [0.2, 0.25) is 0 Å². The topological polar surface area (TPSA) is 76.0 Å². The molecule has 0 amide bonds. The Labute approximate surface area is 175 Å². The van der Waals surface area contributed by atoms with Crippen molar-refractivity contribution in [1.29, 1.82) is 0 Å². The summed E-state index contributed by atoms with van der Waals surface area (Å²) in [5.74, 6) is -3.08. The fourth-order valence-electron chi connectivity index (χ4n) is 2.70. The monoisotopic (exact) mass is 563 g/mol. The minimum Gasteiger partial charge on any atom is -0.477 e. The summed E-state index contributed by atoms with van der Waals surface area (Å²) in [5.41, 5.74) is 1.17. The van der Waals surface area contributed by atoms with Crippen LogP contribution in [-0.2, 0) is 26.5 Å². The van der Waals surface area contributed by atoms with Gasteiger partial charge in [-0.3, -0.25) is 9.97 Å². The van der Waals surface area contributed by atoms with E-state index in [2.05, 4.69) is 21.0 Å². The second-order valence-corrected chi connectivity index (χ2v) is 6.59. The number of aromatic carboxylic acids is 1. The Hall–Kier alpha value is -2.53. The van der Waals surface area contributed by atoms with Gasteiger partial charge in [-0.05, 0) is 44.7 Å². The zero-order chi connectivity index (χ0) is 19.8. The van der Waals surface area contributed by atoms with Crippen LogP contribution in [0, 0.1) is 24.9 Å². The standard InChI is InChI=1S/C20H16F2N3O2.Pt/c1-11-7-9-15(24-17(11)12-8-10-16(21)25-18(12)22)20(2,3)14-6-4-5-13(23-14)19(26)27;/h4-7,9-10H,1-3H3,(H,26,27);/q-1;. The second kappa shape index (κ2) is 8.23. The predicted octanol–water partition coefficient (Wildman–Crippen LogP) is 3.95. The Morgan fingerprint density at radius 2 is 1.75 bits per heavy atom. The van der Waals surface area contributed by atoms with E-state index in [9.17, 15) is 13.6 Å². The number of aromatic nitrogens is 3. The summed E-state index contributed by atoms with van der Waals surface area (Å²) < 4.78 is 27.2. The van der Waals surface area contributed by atoms with E-state index in [1.807, 2.05) is 13.8 Å². The number of carbonyl (C=O) groups is 1. The first-order valence-electron chi connectivity index (χ1n) is 8.13. The number of aryl methyl sites for hydroxylation is 1. The molecule has 0 saturated heterocycles. The van der Waals surface area contributed by atoms with Crippen molar-refractivity contribution < 1.29 is 39.7 Å². The van der Waals surface area contributed by atoms with Gasteiger partial charge in [-0.15, -0.1) is 6.07 Å². The molecule has 0 saturated carbocycles. The third-order valence-corrected chi connectivity index (χ3v) is 4.33. The number of carboxylic acids is 1. The first-order chi connectivity index (χ1) is 12.7. The summed E-state index contributed by atoms with van der Waals surface area (Å²) in [5, 5.41) is 9.17. The predicted molar refractivity (Wildman–Crippen MR) is 94.3 cm³/mol. The smallest absolute Gasteiger partial charge is 0.354 e. The summed E-state index contributed by atoms with van der Waals surface area (Å²) in [6, 6.07) is 11.7. The molecule has 5 nitrogen and oxygen atoms in total. The summed E-state index contributed by atoms with van der Waals surface area (Å²) in [7, 11) is 0. The van der Waals surface area contributed by atoms with E-state index in [1.54, 1.807) is 31.2 Å². The molecular weight excluding hydrogens is 547 g/mol. The van der Waals surface area contributed by atoms with Crippen molar-refractivity contribution in [2.45, 2.75) is 26.2 Å². The minimum atomic E-state index is -1.13. The summed E-state index contributed by atoms with van der Waals surface area (Å²) in [6.45, 7) is 5.43. The van der Waals surface area contributed by atoms with Crippen molar-refractivity contribution in [1.82, 2.24) is 15.0 Å². The number of nitrogens with zero attached hydrogens (tertiary/aromatic N) is 3. The maximum absolute atomic E-state index is 14.1. The minimum absolute atomic E-state index is 0. The van der Waals surface area contributed by atoms with Gasteiger partial charge in [0.05, 0.1) is 5.69 Å². The van der Waals surface area contributed by atoms with Crippen LogP contribution in [0.2, 0.25) is 0 Å². The van der Waals surface area contributed by atoms with E-state index >= 15 is 0 Å². The van der Waals surface area contributed by atoms with Crippen LogP contribution in [0.3, 0.4) is 0 Å². The van der Waals surface area contributed by atoms with Gasteiger partial charge in [0.1, 0.15) is 17.6 Å². The van der Waals surface area contributed by atoms with E-state index < -0.39 is 23.3 Å². The molecular formula is C20H16F2N3O2Pt-. The number of rotatable bonds is 4. The normalized spacial score (nSPS) is 11.0. The first-order valence-corrected chi connectivity index (χ1v) is 8.13. The Balaban J connectivity index is 0.00000280. The van der Waals surface area contributed by atoms with Crippen LogP contribution in [0.25, 0.3) is 11.3 Å². The number of halogens is 2. The second-order valence-electron chi connectivity index (χ2n) is 6.59. The summed E-state index contributed by atoms with van der Waals surface area (Å²) in [4.78, 5) is 23.1. The molecule has 3 heterocycles. The largest absolute Gasteiger partial charge is 0.477 e. The number of hydrogen-bond donors (Lipinski definition) is 1. The van der Waals surface area contributed by atoms with Crippen LogP contribution >= 0.6 is 0 Å². The molecule has 8 heteroatoms. The van der Waals surface area contributed by atoms with Crippen LogP contribution in [0.4, 0.5) is 8.78 Å². The van der Waals surface area contributed by atoms with Gasteiger partial charge in [-0.2, -0.15) is 0 Å². The van der Waals surface area contributed by atoms with Gasteiger partial charge in [0.15, 0.2) is 0 Å². The Bertz CT molecular complexity index is 1040. The maximum atomic E-state index is 14.1. The Kier molecular flexibility index (Phi) is 6.40. The molecule has 148 valence electrons. The third kappa shape index (κ3) is 4.14. The van der Waals surface area contributed by atoms with Gasteiger partial charge in [0, 0.05) is 32.2 Å². The van der Waals surface area contributed by atoms with E-state index in [0.29, 0.717) is 22.6 Å². The van der Waals surface area contributed by atoms with Gasteiger partial charge >= 0.3 is 5.97 Å². The molecule has 0 aliphatic heterocycles. The van der Waals surface area contributed by atoms with Gasteiger partial charge < -0.3 is 5.11 Å². The van der Waals surface area contributed by atoms with E-state index in [0.717, 1.165) is 6.07 Å². The molecule has 0 atom stereocenters. The van der Waals surface area contributed by atoms with E-state index in [-0.39, 0.29) is 32.3 Å². The van der Waals surface area contributed by atoms with Crippen molar-refractivity contribution in [3.8, 4) is 11.3 Å². The van der Waals surface area contributed by atoms with E-state index in [4.69, 9.17) is 5.11 Å². The number of carboxylic acid groups (broad SMARTS) is 1. The zero-order valence-corrected chi connectivity index (χ0v) is 17.5. The third-order valence-electron chi connectivity index (χ3n) is 4.33. The molecule has 0 spiro atoms. The van der Waals surface area contributed by atoms with Crippen LogP contribution < -0.4 is 0 Å². The summed E-state index contributed by atoms with van der Waals surface area (Å²) >= 11 is 0. The maximum Gasteiger partial charge on any atom is 0.354 e. The van der Waals surface area contributed by atoms with Crippen molar-refractivity contribution in [2.24, 2.45) is 0 Å². The fourth-order valence-corrected chi connectivity index (χ4v) is 2.70. The van der Waals surface area contributed by atoms with Crippen molar-refractivity contribution in [3.05, 3.63) is 77.0 Å². The van der Waals surface area contributed by atoms with Crippen LogP contribution in [0.1, 0.15) is 41.3 Å². The zero-order valence-electron chi connectivity index (χ0n) is 15.2. The molecule has 0 unspecified atom stereocenters. The van der Waals surface area contributed by atoms with Gasteiger partial charge in [0.25, 0.3) is 0 Å². The van der Waals surface area contributed by atoms with Crippen LogP contribution in [0.5, 0.6) is 0 Å². The summed E-state index contributed by atoms with van der Waals surface area (Å²) in [6.07, 6.45) is 0. The molecule has 3 aromatic heterocycles. The van der Waals surface area contributed by atoms with Gasteiger partial charge in [-0.25, -0.2) is 18.6 Å². The van der Waals surface area contributed by atoms with Crippen LogP contribution in [0.15, 0.2) is 36.4 Å². The molecule has 0 bridgehead atoms. The SMILES string of the molecule is Cc1ccc(C(C)(C)c2cccc(C(=O)O)n2)nc1-c1[c-]cc(F)nc1F.[Pt]. The quantitative estimate of drug-likeness (QED) is 0.385. The molecule has 3 rings (SSSR count). The van der Waals surface area contributed by atoms with Crippen molar-refractivity contribution in [2.75, 3.05) is 0 Å². The molecule has 0 fully saturated rings. The molecule has 1 N–H and O–H groups in total. The Morgan fingerprint density at radius 3 is 2.39 bits per heavy atom. The fraction of sp³-hybridized carbons (Fsp3) is 0.200. The number of pyridine rings is 3. The molecule has 0 aromatic carbocycles. The number of hydrogen-bond acceptors (Lipinski definition) is 4. The van der Waals surface area contributed by atoms with E-state index in [1.165, 1.54) is 6.07 Å².